The molecular weight excluding hydrogens is 270 g/mol. The van der Waals surface area contributed by atoms with Crippen LogP contribution in [-0.4, -0.2) is 9.97 Å². The Kier molecular flexibility index (Phi) is 3.09. The predicted molar refractivity (Wildman–Crippen MR) is 91.3 cm³/mol. The van der Waals surface area contributed by atoms with E-state index in [4.69, 9.17) is 0 Å². The van der Waals surface area contributed by atoms with Crippen LogP contribution in [0.2, 0.25) is 0 Å². The first-order valence-electron chi connectivity index (χ1n) is 7.24. The second kappa shape index (κ2) is 5.37. The van der Waals surface area contributed by atoms with Gasteiger partial charge in [-0.2, -0.15) is 0 Å². The molecule has 0 aliphatic carbocycles. The smallest absolute Gasteiger partial charge is 0.130 e. The van der Waals surface area contributed by atoms with Crippen molar-refractivity contribution < 1.29 is 0 Å². The van der Waals surface area contributed by atoms with Crippen molar-refractivity contribution in [2.75, 3.05) is 5.32 Å². The predicted octanol–water partition coefficient (Wildman–Crippen LogP) is 4.97. The molecule has 4 rings (SSSR count). The Labute approximate surface area is 128 Å². The van der Waals surface area contributed by atoms with E-state index in [-0.39, 0.29) is 0 Å². The zero-order valence-electron chi connectivity index (χ0n) is 12.0. The van der Waals surface area contributed by atoms with Crippen molar-refractivity contribution in [1.29, 1.82) is 0 Å². The van der Waals surface area contributed by atoms with Crippen LogP contribution in [-0.2, 0) is 0 Å². The van der Waals surface area contributed by atoms with Gasteiger partial charge < -0.3 is 10.3 Å². The molecule has 0 aliphatic heterocycles. The quantitative estimate of drug-likeness (QED) is 0.557. The third-order valence-electron chi connectivity index (χ3n) is 3.69. The first-order chi connectivity index (χ1) is 10.9. The average Bonchev–Trinajstić information content (AvgIpc) is 3.04. The van der Waals surface area contributed by atoms with Gasteiger partial charge in [0.1, 0.15) is 5.82 Å². The largest absolute Gasteiger partial charge is 0.361 e. The van der Waals surface area contributed by atoms with Crippen molar-refractivity contribution in [1.82, 2.24) is 9.97 Å². The molecule has 0 saturated heterocycles. The molecule has 3 nitrogen and oxygen atoms in total. The van der Waals surface area contributed by atoms with Crippen molar-refractivity contribution in [3.8, 4) is 11.1 Å². The molecule has 0 radical (unpaired) electrons. The molecule has 0 fully saturated rings. The highest BCUT2D eigenvalue weighted by molar-refractivity contribution is 5.84. The summed E-state index contributed by atoms with van der Waals surface area (Å²) in [4.78, 5) is 7.61. The number of hydrogen-bond donors (Lipinski definition) is 2. The summed E-state index contributed by atoms with van der Waals surface area (Å²) in [5.74, 6) is 0.844. The molecule has 2 aromatic heterocycles. The molecule has 2 N–H and O–H groups in total. The first kappa shape index (κ1) is 12.7. The lowest BCUT2D eigenvalue weighted by Gasteiger charge is -2.08. The Morgan fingerprint density at radius 3 is 2.64 bits per heavy atom. The third-order valence-corrected chi connectivity index (χ3v) is 3.69. The Morgan fingerprint density at radius 1 is 0.818 bits per heavy atom. The van der Waals surface area contributed by atoms with Gasteiger partial charge in [0.25, 0.3) is 0 Å². The van der Waals surface area contributed by atoms with Crippen LogP contribution in [0.3, 0.4) is 0 Å². The summed E-state index contributed by atoms with van der Waals surface area (Å²) in [7, 11) is 0. The van der Waals surface area contributed by atoms with Gasteiger partial charge in [0.15, 0.2) is 0 Å². The van der Waals surface area contributed by atoms with E-state index in [1.807, 2.05) is 36.7 Å². The molecule has 4 aromatic rings. The molecule has 0 unspecified atom stereocenters. The van der Waals surface area contributed by atoms with E-state index in [1.54, 1.807) is 0 Å². The molecular formula is C19H15N3. The lowest BCUT2D eigenvalue weighted by atomic mass is 10.1. The molecule has 0 saturated carbocycles. The summed E-state index contributed by atoms with van der Waals surface area (Å²) in [6.45, 7) is 0. The molecule has 0 bridgehead atoms. The zero-order chi connectivity index (χ0) is 14.8. The highest BCUT2D eigenvalue weighted by Crippen LogP contribution is 2.24. The van der Waals surface area contributed by atoms with Gasteiger partial charge >= 0.3 is 0 Å². The summed E-state index contributed by atoms with van der Waals surface area (Å²) in [6.07, 6.45) is 3.78. The van der Waals surface area contributed by atoms with Gasteiger partial charge in [0, 0.05) is 29.0 Å². The van der Waals surface area contributed by atoms with Crippen LogP contribution in [0.4, 0.5) is 11.5 Å². The standard InChI is InChI=1S/C19H15N3/c1-2-4-14(5-3-1)15-8-11-21-19(13-15)22-17-6-7-18-16(12-17)9-10-20-18/h1-13,20H,(H,21,22). The number of anilines is 2. The number of aromatic amines is 1. The van der Waals surface area contributed by atoms with Crippen molar-refractivity contribution in [3.05, 3.63) is 79.1 Å². The molecule has 3 heteroatoms. The Morgan fingerprint density at radius 2 is 1.73 bits per heavy atom. The molecule has 2 heterocycles. The van der Waals surface area contributed by atoms with Crippen LogP contribution in [0.25, 0.3) is 22.0 Å². The maximum atomic E-state index is 4.41. The number of benzene rings is 2. The fourth-order valence-electron chi connectivity index (χ4n) is 2.59. The number of fused-ring (bicyclic) bond motifs is 1. The van der Waals surface area contributed by atoms with Crippen LogP contribution in [0.5, 0.6) is 0 Å². The van der Waals surface area contributed by atoms with E-state index < -0.39 is 0 Å². The number of rotatable bonds is 3. The number of pyridine rings is 1. The minimum absolute atomic E-state index is 0.844. The van der Waals surface area contributed by atoms with E-state index in [1.165, 1.54) is 10.9 Å². The van der Waals surface area contributed by atoms with Crippen LogP contribution in [0.1, 0.15) is 0 Å². The number of nitrogens with zero attached hydrogens (tertiary/aromatic N) is 1. The number of aromatic nitrogens is 2. The topological polar surface area (TPSA) is 40.7 Å². The molecule has 106 valence electrons. The van der Waals surface area contributed by atoms with Gasteiger partial charge in [0.05, 0.1) is 0 Å². The Hall–Kier alpha value is -3.07. The zero-order valence-corrected chi connectivity index (χ0v) is 12.0. The lowest BCUT2D eigenvalue weighted by Crippen LogP contribution is -1.93. The molecule has 0 spiro atoms. The van der Waals surface area contributed by atoms with Gasteiger partial charge in [-0.15, -0.1) is 0 Å². The molecule has 2 aromatic carbocycles. The number of hydrogen-bond acceptors (Lipinski definition) is 2. The summed E-state index contributed by atoms with van der Waals surface area (Å²) in [5, 5.41) is 4.56. The van der Waals surface area contributed by atoms with Crippen LogP contribution < -0.4 is 5.32 Å². The fraction of sp³-hybridized carbons (Fsp3) is 0. The van der Waals surface area contributed by atoms with Gasteiger partial charge in [-0.3, -0.25) is 0 Å². The Bertz CT molecular complexity index is 910. The average molecular weight is 285 g/mol. The van der Waals surface area contributed by atoms with Gasteiger partial charge in [-0.1, -0.05) is 30.3 Å². The second-order valence-corrected chi connectivity index (χ2v) is 5.20. The second-order valence-electron chi connectivity index (χ2n) is 5.20. The lowest BCUT2D eigenvalue weighted by molar-refractivity contribution is 1.31. The summed E-state index contributed by atoms with van der Waals surface area (Å²) in [6, 6.07) is 22.7. The monoisotopic (exact) mass is 285 g/mol. The highest BCUT2D eigenvalue weighted by atomic mass is 15.0. The number of nitrogens with one attached hydrogen (secondary N) is 2. The minimum Gasteiger partial charge on any atom is -0.361 e. The van der Waals surface area contributed by atoms with Crippen molar-refractivity contribution in [2.45, 2.75) is 0 Å². The third kappa shape index (κ3) is 2.44. The highest BCUT2D eigenvalue weighted by Gasteiger charge is 2.02. The molecule has 0 atom stereocenters. The van der Waals surface area contributed by atoms with Crippen LogP contribution in [0.15, 0.2) is 79.1 Å². The van der Waals surface area contributed by atoms with Gasteiger partial charge in [-0.05, 0) is 47.5 Å². The normalized spacial score (nSPS) is 10.7. The summed E-state index contributed by atoms with van der Waals surface area (Å²) in [5.41, 5.74) is 4.51. The van der Waals surface area contributed by atoms with Gasteiger partial charge in [-0.25, -0.2) is 4.98 Å². The fourth-order valence-corrected chi connectivity index (χ4v) is 2.59. The molecule has 0 amide bonds. The number of H-pyrrole nitrogens is 1. The van der Waals surface area contributed by atoms with E-state index in [0.29, 0.717) is 0 Å². The van der Waals surface area contributed by atoms with Crippen molar-refractivity contribution >= 4 is 22.4 Å². The van der Waals surface area contributed by atoms with E-state index in [9.17, 15) is 0 Å². The first-order valence-corrected chi connectivity index (χ1v) is 7.24. The van der Waals surface area contributed by atoms with Crippen molar-refractivity contribution in [2.24, 2.45) is 0 Å². The molecule has 0 aliphatic rings. The summed E-state index contributed by atoms with van der Waals surface area (Å²) >= 11 is 0. The van der Waals surface area contributed by atoms with E-state index in [2.05, 4.69) is 57.7 Å². The maximum Gasteiger partial charge on any atom is 0.130 e. The minimum atomic E-state index is 0.844. The van der Waals surface area contributed by atoms with Crippen LogP contribution >= 0.6 is 0 Å². The Balaban J connectivity index is 1.65. The van der Waals surface area contributed by atoms with Gasteiger partial charge in [0.2, 0.25) is 0 Å². The maximum absolute atomic E-state index is 4.41. The van der Waals surface area contributed by atoms with Crippen molar-refractivity contribution in [3.63, 3.8) is 0 Å². The molecule has 22 heavy (non-hydrogen) atoms. The van der Waals surface area contributed by atoms with E-state index >= 15 is 0 Å². The SMILES string of the molecule is c1ccc(-c2ccnc(Nc3ccc4[nH]ccc4c3)c2)cc1. The van der Waals surface area contributed by atoms with Crippen LogP contribution in [0, 0.1) is 0 Å². The summed E-state index contributed by atoms with van der Waals surface area (Å²) < 4.78 is 0. The van der Waals surface area contributed by atoms with E-state index in [0.717, 1.165) is 22.6 Å².